The maximum atomic E-state index is 11.7. The Hall–Kier alpha value is -1.29. The molecule has 4 nitrogen and oxygen atoms in total. The molecular formula is C11H16N2O2. The molecule has 0 atom stereocenters. The molecular weight excluding hydrogens is 192 g/mol. The van der Waals surface area contributed by atoms with Crippen LogP contribution in [0.2, 0.25) is 0 Å². The molecule has 3 N–H and O–H groups in total. The van der Waals surface area contributed by atoms with Crippen LogP contribution >= 0.6 is 0 Å². The van der Waals surface area contributed by atoms with Crippen molar-refractivity contribution >= 4 is 5.91 Å². The van der Waals surface area contributed by atoms with Gasteiger partial charge in [0.15, 0.2) is 0 Å². The summed E-state index contributed by atoms with van der Waals surface area (Å²) in [5.41, 5.74) is 0.668. The van der Waals surface area contributed by atoms with Crippen LogP contribution in [-0.4, -0.2) is 28.1 Å². The van der Waals surface area contributed by atoms with Gasteiger partial charge in [0.25, 0.3) is 5.91 Å². The summed E-state index contributed by atoms with van der Waals surface area (Å²) < 4.78 is 0. The number of aliphatic hydroxyl groups excluding tert-OH is 1. The third-order valence-electron chi connectivity index (χ3n) is 2.89. The minimum absolute atomic E-state index is 0.0300. The molecule has 82 valence electrons. The molecule has 1 aliphatic carbocycles. The maximum absolute atomic E-state index is 11.7. The summed E-state index contributed by atoms with van der Waals surface area (Å²) in [7, 11) is 0. The highest BCUT2D eigenvalue weighted by molar-refractivity contribution is 5.94. The summed E-state index contributed by atoms with van der Waals surface area (Å²) in [5, 5.41) is 12.3. The molecule has 1 fully saturated rings. The number of rotatable bonds is 2. The molecule has 0 bridgehead atoms. The topological polar surface area (TPSA) is 65.1 Å². The molecule has 1 heterocycles. The largest absolute Gasteiger partial charge is 0.393 e. The zero-order chi connectivity index (χ0) is 10.7. The van der Waals surface area contributed by atoms with Crippen LogP contribution < -0.4 is 5.32 Å². The first-order valence-electron chi connectivity index (χ1n) is 5.37. The number of hydrogen-bond acceptors (Lipinski definition) is 2. The van der Waals surface area contributed by atoms with Crippen molar-refractivity contribution in [2.45, 2.75) is 37.8 Å². The number of hydrogen-bond donors (Lipinski definition) is 3. The molecule has 0 saturated heterocycles. The Labute approximate surface area is 88.7 Å². The molecule has 1 amide bonds. The third-order valence-corrected chi connectivity index (χ3v) is 2.89. The standard InChI is InChI=1S/C11H16N2O2/c14-10-3-1-9(2-4-10)13-11(15)8-5-6-12-7-8/h5-7,9-10,12,14H,1-4H2,(H,13,15). The first-order chi connectivity index (χ1) is 7.25. The number of H-pyrrole nitrogens is 1. The summed E-state index contributed by atoms with van der Waals surface area (Å²) in [4.78, 5) is 14.5. The molecule has 2 rings (SSSR count). The first kappa shape index (κ1) is 10.2. The monoisotopic (exact) mass is 208 g/mol. The molecule has 1 aromatic rings. The molecule has 0 unspecified atom stereocenters. The third kappa shape index (κ3) is 2.59. The van der Waals surface area contributed by atoms with Crippen LogP contribution in [0.25, 0.3) is 0 Å². The average molecular weight is 208 g/mol. The smallest absolute Gasteiger partial charge is 0.253 e. The van der Waals surface area contributed by atoms with E-state index < -0.39 is 0 Å². The van der Waals surface area contributed by atoms with E-state index in [0.717, 1.165) is 25.7 Å². The fraction of sp³-hybridized carbons (Fsp3) is 0.545. The summed E-state index contributed by atoms with van der Waals surface area (Å²) in [5.74, 6) is -0.0300. The van der Waals surface area contributed by atoms with Gasteiger partial charge in [-0.15, -0.1) is 0 Å². The molecule has 4 heteroatoms. The van der Waals surface area contributed by atoms with Crippen molar-refractivity contribution < 1.29 is 9.90 Å². The molecule has 15 heavy (non-hydrogen) atoms. The zero-order valence-corrected chi connectivity index (χ0v) is 8.57. The Morgan fingerprint density at radius 1 is 1.40 bits per heavy atom. The molecule has 0 spiro atoms. The van der Waals surface area contributed by atoms with E-state index in [1.54, 1.807) is 18.5 Å². The van der Waals surface area contributed by atoms with Gasteiger partial charge in [-0.05, 0) is 31.7 Å². The lowest BCUT2D eigenvalue weighted by molar-refractivity contribution is 0.0868. The van der Waals surface area contributed by atoms with Crippen molar-refractivity contribution in [2.75, 3.05) is 0 Å². The second kappa shape index (κ2) is 4.49. The van der Waals surface area contributed by atoms with Crippen molar-refractivity contribution in [1.29, 1.82) is 0 Å². The molecule has 0 radical (unpaired) electrons. The second-order valence-corrected chi connectivity index (χ2v) is 4.08. The number of nitrogens with one attached hydrogen (secondary N) is 2. The van der Waals surface area contributed by atoms with Gasteiger partial charge in [0, 0.05) is 18.4 Å². The lowest BCUT2D eigenvalue weighted by atomic mass is 9.93. The predicted octanol–water partition coefficient (Wildman–Crippen LogP) is 1.05. The van der Waals surface area contributed by atoms with Gasteiger partial charge < -0.3 is 15.4 Å². The summed E-state index contributed by atoms with van der Waals surface area (Å²) in [6, 6.07) is 1.98. The number of carbonyl (C=O) groups is 1. The number of carbonyl (C=O) groups excluding carboxylic acids is 1. The summed E-state index contributed by atoms with van der Waals surface area (Å²) in [6.07, 6.45) is 6.57. The van der Waals surface area contributed by atoms with Crippen LogP contribution in [-0.2, 0) is 0 Å². The first-order valence-corrected chi connectivity index (χ1v) is 5.37. The van der Waals surface area contributed by atoms with Crippen LogP contribution in [0.4, 0.5) is 0 Å². The van der Waals surface area contributed by atoms with Gasteiger partial charge in [-0.25, -0.2) is 0 Å². The van der Waals surface area contributed by atoms with E-state index in [1.807, 2.05) is 0 Å². The van der Waals surface area contributed by atoms with Crippen LogP contribution in [0, 0.1) is 0 Å². The SMILES string of the molecule is O=C(NC1CCC(O)CC1)c1cc[nH]c1. The lowest BCUT2D eigenvalue weighted by Crippen LogP contribution is -2.38. The summed E-state index contributed by atoms with van der Waals surface area (Å²) >= 11 is 0. The Bertz CT molecular complexity index is 313. The van der Waals surface area contributed by atoms with Gasteiger partial charge in [-0.1, -0.05) is 0 Å². The normalized spacial score (nSPS) is 26.2. The van der Waals surface area contributed by atoms with Crippen LogP contribution in [0.3, 0.4) is 0 Å². The highest BCUT2D eigenvalue weighted by atomic mass is 16.3. The van der Waals surface area contributed by atoms with Gasteiger partial charge in [0.2, 0.25) is 0 Å². The maximum Gasteiger partial charge on any atom is 0.253 e. The van der Waals surface area contributed by atoms with Crippen LogP contribution in [0.5, 0.6) is 0 Å². The van der Waals surface area contributed by atoms with Crippen LogP contribution in [0.15, 0.2) is 18.5 Å². The van der Waals surface area contributed by atoms with E-state index >= 15 is 0 Å². The Morgan fingerprint density at radius 3 is 2.73 bits per heavy atom. The van der Waals surface area contributed by atoms with E-state index in [1.165, 1.54) is 0 Å². The molecule has 1 aromatic heterocycles. The average Bonchev–Trinajstić information content (AvgIpc) is 2.74. The molecule has 0 aromatic carbocycles. The van der Waals surface area contributed by atoms with Gasteiger partial charge in [0.1, 0.15) is 0 Å². The minimum Gasteiger partial charge on any atom is -0.393 e. The minimum atomic E-state index is -0.176. The fourth-order valence-corrected chi connectivity index (χ4v) is 1.95. The fourth-order valence-electron chi connectivity index (χ4n) is 1.95. The highest BCUT2D eigenvalue weighted by Crippen LogP contribution is 2.18. The molecule has 0 aliphatic heterocycles. The Balaban J connectivity index is 1.85. The van der Waals surface area contributed by atoms with Crippen LogP contribution in [0.1, 0.15) is 36.0 Å². The number of aromatic nitrogens is 1. The van der Waals surface area contributed by atoms with Crippen molar-refractivity contribution in [3.8, 4) is 0 Å². The van der Waals surface area contributed by atoms with E-state index in [-0.39, 0.29) is 18.1 Å². The number of aromatic amines is 1. The number of amides is 1. The second-order valence-electron chi connectivity index (χ2n) is 4.08. The molecule has 1 saturated carbocycles. The summed E-state index contributed by atoms with van der Waals surface area (Å²) in [6.45, 7) is 0. The van der Waals surface area contributed by atoms with E-state index in [9.17, 15) is 9.90 Å². The quantitative estimate of drug-likeness (QED) is 0.680. The van der Waals surface area contributed by atoms with Gasteiger partial charge in [-0.3, -0.25) is 4.79 Å². The highest BCUT2D eigenvalue weighted by Gasteiger charge is 2.21. The van der Waals surface area contributed by atoms with Gasteiger partial charge >= 0.3 is 0 Å². The van der Waals surface area contributed by atoms with E-state index in [4.69, 9.17) is 0 Å². The van der Waals surface area contributed by atoms with Gasteiger partial charge in [0.05, 0.1) is 11.7 Å². The van der Waals surface area contributed by atoms with Crippen molar-refractivity contribution in [3.05, 3.63) is 24.0 Å². The molecule has 1 aliphatic rings. The van der Waals surface area contributed by atoms with Crippen molar-refractivity contribution in [2.24, 2.45) is 0 Å². The van der Waals surface area contributed by atoms with Gasteiger partial charge in [-0.2, -0.15) is 0 Å². The van der Waals surface area contributed by atoms with E-state index in [2.05, 4.69) is 10.3 Å². The van der Waals surface area contributed by atoms with E-state index in [0.29, 0.717) is 5.56 Å². The Kier molecular flexibility index (Phi) is 3.06. The lowest BCUT2D eigenvalue weighted by Gasteiger charge is -2.25. The zero-order valence-electron chi connectivity index (χ0n) is 8.57. The Morgan fingerprint density at radius 2 is 2.13 bits per heavy atom. The number of aliphatic hydroxyl groups is 1. The van der Waals surface area contributed by atoms with Crippen molar-refractivity contribution in [1.82, 2.24) is 10.3 Å². The predicted molar refractivity (Wildman–Crippen MR) is 56.5 cm³/mol. The van der Waals surface area contributed by atoms with Crippen molar-refractivity contribution in [3.63, 3.8) is 0 Å².